The van der Waals surface area contributed by atoms with Gasteiger partial charge in [0, 0.05) is 0 Å². The highest BCUT2D eigenvalue weighted by Crippen LogP contribution is 2.49. The van der Waals surface area contributed by atoms with E-state index in [0.29, 0.717) is 5.92 Å². The van der Waals surface area contributed by atoms with Gasteiger partial charge >= 0.3 is 0 Å². The van der Waals surface area contributed by atoms with Crippen molar-refractivity contribution in [1.29, 1.82) is 0 Å². The van der Waals surface area contributed by atoms with Crippen LogP contribution in [0.3, 0.4) is 0 Å². The zero-order valence-electron chi connectivity index (χ0n) is 12.6. The van der Waals surface area contributed by atoms with Crippen molar-refractivity contribution in [2.45, 2.75) is 32.0 Å². The number of rotatable bonds is 4. The second kappa shape index (κ2) is 5.61. The average molecular weight is 284 g/mol. The van der Waals surface area contributed by atoms with Crippen LogP contribution in [0.1, 0.15) is 43.1 Å². The molecule has 1 aliphatic heterocycles. The van der Waals surface area contributed by atoms with Gasteiger partial charge in [0.15, 0.2) is 0 Å². The maximum absolute atomic E-state index is 14.1. The number of benzene rings is 2. The molecule has 21 heavy (non-hydrogen) atoms. The summed E-state index contributed by atoms with van der Waals surface area (Å²) in [6, 6.07) is 17.8. The summed E-state index contributed by atoms with van der Waals surface area (Å²) in [5.41, 5.74) is 2.06. The second-order valence-electron chi connectivity index (χ2n) is 6.15. The van der Waals surface area contributed by atoms with E-state index in [2.05, 4.69) is 19.9 Å². The minimum Gasteiger partial charge on any atom is -0.355 e. The fraction of sp³-hybridized carbons (Fsp3) is 0.368. The highest BCUT2D eigenvalue weighted by Gasteiger charge is 2.46. The fourth-order valence-corrected chi connectivity index (χ4v) is 3.23. The van der Waals surface area contributed by atoms with Gasteiger partial charge < -0.3 is 4.74 Å². The Balaban J connectivity index is 2.11. The molecule has 0 unspecified atom stereocenters. The quantitative estimate of drug-likeness (QED) is 0.766. The summed E-state index contributed by atoms with van der Waals surface area (Å²) in [6.45, 7) is 3.80. The van der Waals surface area contributed by atoms with E-state index in [-0.39, 0.29) is 6.10 Å². The second-order valence-corrected chi connectivity index (χ2v) is 6.15. The van der Waals surface area contributed by atoms with Gasteiger partial charge in [-0.25, -0.2) is 4.39 Å². The largest absolute Gasteiger partial charge is 0.355 e. The molecule has 0 aromatic heterocycles. The van der Waals surface area contributed by atoms with Gasteiger partial charge in [0.2, 0.25) is 0 Å². The summed E-state index contributed by atoms with van der Waals surface area (Å²) >= 11 is 0. The van der Waals surface area contributed by atoms with Crippen molar-refractivity contribution in [3.8, 4) is 0 Å². The van der Waals surface area contributed by atoms with Crippen LogP contribution in [0.2, 0.25) is 0 Å². The van der Waals surface area contributed by atoms with Gasteiger partial charge in [-0.3, -0.25) is 0 Å². The lowest BCUT2D eigenvalue weighted by Crippen LogP contribution is -2.30. The molecule has 0 radical (unpaired) electrons. The third-order valence-electron chi connectivity index (χ3n) is 4.20. The van der Waals surface area contributed by atoms with Gasteiger partial charge in [-0.05, 0) is 29.0 Å². The maximum atomic E-state index is 14.1. The molecule has 0 amide bonds. The number of halogens is 1. The minimum absolute atomic E-state index is 0.0304. The Kier molecular flexibility index (Phi) is 3.81. The van der Waals surface area contributed by atoms with Crippen molar-refractivity contribution in [1.82, 2.24) is 0 Å². The molecule has 0 fully saturated rings. The Morgan fingerprint density at radius 3 is 2.38 bits per heavy atom. The SMILES string of the molecule is CC(C)C[C@H]1O[C@](CF)(c2ccccc2)c2ccccc21. The van der Waals surface area contributed by atoms with Crippen LogP contribution in [0.4, 0.5) is 4.39 Å². The fourth-order valence-electron chi connectivity index (χ4n) is 3.23. The lowest BCUT2D eigenvalue weighted by atomic mass is 9.86. The van der Waals surface area contributed by atoms with Crippen LogP contribution in [0.5, 0.6) is 0 Å². The molecular formula is C19H21FO. The molecule has 0 aliphatic carbocycles. The third kappa shape index (κ3) is 2.38. The smallest absolute Gasteiger partial charge is 0.147 e. The van der Waals surface area contributed by atoms with Crippen molar-refractivity contribution in [3.63, 3.8) is 0 Å². The van der Waals surface area contributed by atoms with Gasteiger partial charge in [-0.1, -0.05) is 68.4 Å². The summed E-state index contributed by atoms with van der Waals surface area (Å²) in [5.74, 6) is 0.509. The van der Waals surface area contributed by atoms with Gasteiger partial charge in [0.1, 0.15) is 12.3 Å². The van der Waals surface area contributed by atoms with E-state index in [4.69, 9.17) is 4.74 Å². The van der Waals surface area contributed by atoms with E-state index < -0.39 is 12.3 Å². The first-order chi connectivity index (χ1) is 10.2. The van der Waals surface area contributed by atoms with Gasteiger partial charge in [-0.15, -0.1) is 0 Å². The molecule has 1 nitrogen and oxygen atoms in total. The van der Waals surface area contributed by atoms with E-state index in [9.17, 15) is 4.39 Å². The van der Waals surface area contributed by atoms with Crippen LogP contribution in [-0.4, -0.2) is 6.67 Å². The lowest BCUT2D eigenvalue weighted by Gasteiger charge is -2.28. The number of fused-ring (bicyclic) bond motifs is 1. The Hall–Kier alpha value is -1.67. The molecule has 0 saturated carbocycles. The standard InChI is InChI=1S/C19H21FO/c1-14(2)12-18-16-10-6-7-11-17(16)19(13-20,21-18)15-8-4-3-5-9-15/h3-11,14,18H,12-13H2,1-2H3/t18-,19-/m1/s1. The minimum atomic E-state index is -0.947. The summed E-state index contributed by atoms with van der Waals surface area (Å²) in [5, 5.41) is 0. The van der Waals surface area contributed by atoms with E-state index >= 15 is 0 Å². The molecule has 2 atom stereocenters. The monoisotopic (exact) mass is 284 g/mol. The summed E-state index contributed by atoms with van der Waals surface area (Å²) in [7, 11) is 0. The Labute approximate surface area is 125 Å². The maximum Gasteiger partial charge on any atom is 0.147 e. The lowest BCUT2D eigenvalue weighted by molar-refractivity contribution is -0.0690. The number of alkyl halides is 1. The highest BCUT2D eigenvalue weighted by molar-refractivity contribution is 5.46. The first kappa shape index (κ1) is 14.3. The van der Waals surface area contributed by atoms with Crippen LogP contribution < -0.4 is 0 Å². The van der Waals surface area contributed by atoms with Crippen LogP contribution in [-0.2, 0) is 10.3 Å². The van der Waals surface area contributed by atoms with Crippen LogP contribution in [0, 0.1) is 5.92 Å². The normalized spacial score (nSPS) is 24.3. The molecule has 0 saturated heterocycles. The van der Waals surface area contributed by atoms with Crippen molar-refractivity contribution in [2.24, 2.45) is 5.92 Å². The summed E-state index contributed by atoms with van der Waals surface area (Å²) < 4.78 is 20.4. The number of hydrogen-bond acceptors (Lipinski definition) is 1. The van der Waals surface area contributed by atoms with Crippen LogP contribution in [0.25, 0.3) is 0 Å². The van der Waals surface area contributed by atoms with Crippen molar-refractivity contribution in [3.05, 3.63) is 71.3 Å². The van der Waals surface area contributed by atoms with Crippen molar-refractivity contribution in [2.75, 3.05) is 6.67 Å². The van der Waals surface area contributed by atoms with Crippen LogP contribution in [0.15, 0.2) is 54.6 Å². The topological polar surface area (TPSA) is 9.23 Å². The Morgan fingerprint density at radius 1 is 1.05 bits per heavy atom. The first-order valence-corrected chi connectivity index (χ1v) is 7.56. The number of hydrogen-bond donors (Lipinski definition) is 0. The molecule has 2 aromatic rings. The Bertz CT molecular complexity index is 608. The van der Waals surface area contributed by atoms with Crippen LogP contribution >= 0.6 is 0 Å². The van der Waals surface area contributed by atoms with Gasteiger partial charge in [-0.2, -0.15) is 0 Å². The summed E-state index contributed by atoms with van der Waals surface area (Å²) in [4.78, 5) is 0. The van der Waals surface area contributed by atoms with E-state index in [1.807, 2.05) is 48.5 Å². The zero-order chi connectivity index (χ0) is 14.9. The Morgan fingerprint density at radius 2 is 1.71 bits per heavy atom. The molecule has 2 aromatic carbocycles. The van der Waals surface area contributed by atoms with E-state index in [0.717, 1.165) is 23.1 Å². The molecule has 2 heteroatoms. The van der Waals surface area contributed by atoms with Gasteiger partial charge in [0.25, 0.3) is 0 Å². The number of ether oxygens (including phenoxy) is 1. The van der Waals surface area contributed by atoms with E-state index in [1.165, 1.54) is 0 Å². The molecule has 0 N–H and O–H groups in total. The third-order valence-corrected chi connectivity index (χ3v) is 4.20. The molecule has 0 spiro atoms. The molecule has 3 rings (SSSR count). The van der Waals surface area contributed by atoms with Gasteiger partial charge in [0.05, 0.1) is 6.10 Å². The van der Waals surface area contributed by atoms with Crippen molar-refractivity contribution >= 4 is 0 Å². The molecule has 0 bridgehead atoms. The molecule has 110 valence electrons. The molecule has 1 heterocycles. The zero-order valence-corrected chi connectivity index (χ0v) is 12.6. The summed E-state index contributed by atoms with van der Waals surface area (Å²) in [6.07, 6.45) is 0.878. The average Bonchev–Trinajstić information content (AvgIpc) is 2.83. The van der Waals surface area contributed by atoms with Crippen molar-refractivity contribution < 1.29 is 9.13 Å². The van der Waals surface area contributed by atoms with E-state index in [1.54, 1.807) is 0 Å². The highest BCUT2D eigenvalue weighted by atomic mass is 19.1. The predicted octanol–water partition coefficient (Wildman–Crippen LogP) is 5.02. The first-order valence-electron chi connectivity index (χ1n) is 7.56. The predicted molar refractivity (Wildman–Crippen MR) is 82.9 cm³/mol. The molecular weight excluding hydrogens is 263 g/mol. The molecule has 1 aliphatic rings.